The lowest BCUT2D eigenvalue weighted by Gasteiger charge is -2.08. The topological polar surface area (TPSA) is 12.0 Å². The zero-order valence-corrected chi connectivity index (χ0v) is 13.6. The summed E-state index contributed by atoms with van der Waals surface area (Å²) in [6, 6.07) is 10.8. The van der Waals surface area contributed by atoms with Gasteiger partial charge in [0.05, 0.1) is 5.02 Å². The minimum Gasteiger partial charge on any atom is -0.312 e. The Labute approximate surface area is 132 Å². The Balaban J connectivity index is 1.82. The van der Waals surface area contributed by atoms with Crippen molar-refractivity contribution in [2.75, 3.05) is 6.54 Å². The molecule has 0 amide bonds. The van der Waals surface area contributed by atoms with Crippen molar-refractivity contribution in [3.05, 3.63) is 68.4 Å². The average Bonchev–Trinajstić information content (AvgIpc) is 2.40. The molecule has 4 heteroatoms. The Morgan fingerprint density at radius 2 is 2.00 bits per heavy atom. The van der Waals surface area contributed by atoms with Gasteiger partial charge in [0.1, 0.15) is 5.82 Å². The quantitative estimate of drug-likeness (QED) is 0.753. The van der Waals surface area contributed by atoms with Gasteiger partial charge < -0.3 is 5.32 Å². The van der Waals surface area contributed by atoms with Crippen LogP contribution in [-0.2, 0) is 13.0 Å². The lowest BCUT2D eigenvalue weighted by Crippen LogP contribution is -2.17. The average molecular weight is 357 g/mol. The molecule has 2 rings (SSSR count). The maximum absolute atomic E-state index is 13.0. The molecule has 20 heavy (non-hydrogen) atoms. The number of rotatable bonds is 5. The fourth-order valence-electron chi connectivity index (χ4n) is 2.05. The first-order valence-corrected chi connectivity index (χ1v) is 7.63. The number of halogens is 3. The highest BCUT2D eigenvalue weighted by Gasteiger charge is 2.01. The van der Waals surface area contributed by atoms with Crippen LogP contribution < -0.4 is 5.32 Å². The maximum Gasteiger partial charge on any atom is 0.123 e. The fourth-order valence-corrected chi connectivity index (χ4v) is 2.59. The van der Waals surface area contributed by atoms with Crippen molar-refractivity contribution in [2.45, 2.75) is 19.9 Å². The molecule has 0 heterocycles. The van der Waals surface area contributed by atoms with Crippen LogP contribution in [0.1, 0.15) is 16.7 Å². The van der Waals surface area contributed by atoms with Crippen LogP contribution in [0.5, 0.6) is 0 Å². The lowest BCUT2D eigenvalue weighted by atomic mass is 10.1. The molecule has 0 radical (unpaired) electrons. The van der Waals surface area contributed by atoms with Gasteiger partial charge in [0, 0.05) is 11.0 Å². The Hall–Kier alpha value is -0.900. The highest BCUT2D eigenvalue weighted by molar-refractivity contribution is 9.10. The Kier molecular flexibility index (Phi) is 5.58. The molecule has 0 spiro atoms. The van der Waals surface area contributed by atoms with E-state index >= 15 is 0 Å². The number of nitrogens with one attached hydrogen (secondary N) is 1. The van der Waals surface area contributed by atoms with Crippen molar-refractivity contribution in [1.29, 1.82) is 0 Å². The predicted molar refractivity (Wildman–Crippen MR) is 85.7 cm³/mol. The second kappa shape index (κ2) is 7.21. The molecule has 1 N–H and O–H groups in total. The van der Waals surface area contributed by atoms with Crippen LogP contribution in [0.3, 0.4) is 0 Å². The number of hydrogen-bond acceptors (Lipinski definition) is 1. The normalized spacial score (nSPS) is 10.8. The molecular formula is C16H16BrClFN. The van der Waals surface area contributed by atoms with Gasteiger partial charge >= 0.3 is 0 Å². The summed E-state index contributed by atoms with van der Waals surface area (Å²) in [5.74, 6) is -0.176. The summed E-state index contributed by atoms with van der Waals surface area (Å²) in [4.78, 5) is 0. The third-order valence-corrected chi connectivity index (χ3v) is 4.40. The summed E-state index contributed by atoms with van der Waals surface area (Å²) in [7, 11) is 0. The smallest absolute Gasteiger partial charge is 0.123 e. The van der Waals surface area contributed by atoms with E-state index in [-0.39, 0.29) is 5.82 Å². The van der Waals surface area contributed by atoms with E-state index in [1.54, 1.807) is 6.07 Å². The molecule has 1 nitrogen and oxygen atoms in total. The summed E-state index contributed by atoms with van der Waals surface area (Å²) in [5, 5.41) is 4.10. The van der Waals surface area contributed by atoms with Crippen molar-refractivity contribution in [3.63, 3.8) is 0 Å². The first kappa shape index (κ1) is 15.5. The van der Waals surface area contributed by atoms with E-state index in [1.165, 1.54) is 17.2 Å². The largest absolute Gasteiger partial charge is 0.312 e. The Morgan fingerprint density at radius 1 is 1.20 bits per heavy atom. The molecule has 0 unspecified atom stereocenters. The van der Waals surface area contributed by atoms with E-state index in [1.807, 2.05) is 31.2 Å². The highest BCUT2D eigenvalue weighted by atomic mass is 79.9. The molecule has 0 fully saturated rings. The minimum atomic E-state index is -0.176. The maximum atomic E-state index is 13.0. The van der Waals surface area contributed by atoms with Gasteiger partial charge in [-0.1, -0.05) is 23.7 Å². The van der Waals surface area contributed by atoms with Crippen LogP contribution in [0.2, 0.25) is 5.02 Å². The van der Waals surface area contributed by atoms with E-state index in [9.17, 15) is 4.39 Å². The molecule has 0 atom stereocenters. The second-order valence-electron chi connectivity index (χ2n) is 4.75. The summed E-state index contributed by atoms with van der Waals surface area (Å²) in [6.45, 7) is 3.58. The summed E-state index contributed by atoms with van der Waals surface area (Å²) in [5.41, 5.74) is 3.36. The molecule has 0 aliphatic rings. The van der Waals surface area contributed by atoms with E-state index in [2.05, 4.69) is 21.2 Å². The lowest BCUT2D eigenvalue weighted by molar-refractivity contribution is 0.624. The SMILES string of the molecule is Cc1cc(F)ccc1CCNCc1ccc(Cl)c(Br)c1. The van der Waals surface area contributed by atoms with Crippen molar-refractivity contribution in [2.24, 2.45) is 0 Å². The van der Waals surface area contributed by atoms with Crippen LogP contribution in [-0.4, -0.2) is 6.54 Å². The standard InChI is InChI=1S/C16H16BrClFN/c1-11-8-14(19)4-3-13(11)6-7-20-10-12-2-5-16(18)15(17)9-12/h2-5,8-9,20H,6-7,10H2,1H3. The zero-order chi connectivity index (χ0) is 14.5. The number of hydrogen-bond donors (Lipinski definition) is 1. The molecule has 2 aromatic carbocycles. The zero-order valence-electron chi connectivity index (χ0n) is 11.2. The predicted octanol–water partition coefficient (Wildman–Crippen LogP) is 4.88. The van der Waals surface area contributed by atoms with Gasteiger partial charge in [0.2, 0.25) is 0 Å². The highest BCUT2D eigenvalue weighted by Crippen LogP contribution is 2.23. The van der Waals surface area contributed by atoms with E-state index < -0.39 is 0 Å². The van der Waals surface area contributed by atoms with Crippen molar-refractivity contribution >= 4 is 27.5 Å². The number of aryl methyl sites for hydroxylation is 1. The van der Waals surface area contributed by atoms with Gasteiger partial charge in [-0.25, -0.2) is 4.39 Å². The minimum absolute atomic E-state index is 0.176. The Bertz CT molecular complexity index is 601. The Morgan fingerprint density at radius 3 is 2.70 bits per heavy atom. The summed E-state index contributed by atoms with van der Waals surface area (Å²) >= 11 is 9.37. The monoisotopic (exact) mass is 355 g/mol. The van der Waals surface area contributed by atoms with Crippen LogP contribution in [0, 0.1) is 12.7 Å². The second-order valence-corrected chi connectivity index (χ2v) is 6.01. The molecule has 2 aromatic rings. The molecule has 0 aliphatic carbocycles. The molecule has 0 saturated heterocycles. The van der Waals surface area contributed by atoms with E-state index in [0.29, 0.717) is 0 Å². The summed E-state index contributed by atoms with van der Waals surface area (Å²) < 4.78 is 13.9. The van der Waals surface area contributed by atoms with Gasteiger partial charge in [0.25, 0.3) is 0 Å². The molecule has 0 aliphatic heterocycles. The van der Waals surface area contributed by atoms with Gasteiger partial charge in [-0.2, -0.15) is 0 Å². The van der Waals surface area contributed by atoms with E-state index in [4.69, 9.17) is 11.6 Å². The van der Waals surface area contributed by atoms with Gasteiger partial charge in [0.15, 0.2) is 0 Å². The first-order chi connectivity index (χ1) is 9.56. The van der Waals surface area contributed by atoms with Gasteiger partial charge in [-0.05, 0) is 76.8 Å². The fraction of sp³-hybridized carbons (Fsp3) is 0.250. The third kappa shape index (κ3) is 4.30. The number of benzene rings is 2. The molecule has 106 valence electrons. The van der Waals surface area contributed by atoms with Crippen LogP contribution in [0.25, 0.3) is 0 Å². The first-order valence-electron chi connectivity index (χ1n) is 6.46. The van der Waals surface area contributed by atoms with Crippen molar-refractivity contribution in [3.8, 4) is 0 Å². The van der Waals surface area contributed by atoms with Crippen molar-refractivity contribution < 1.29 is 4.39 Å². The summed E-state index contributed by atoms with van der Waals surface area (Å²) in [6.07, 6.45) is 0.890. The van der Waals surface area contributed by atoms with Crippen molar-refractivity contribution in [1.82, 2.24) is 5.32 Å². The van der Waals surface area contributed by atoms with Gasteiger partial charge in [-0.15, -0.1) is 0 Å². The molecule has 0 bridgehead atoms. The van der Waals surface area contributed by atoms with E-state index in [0.717, 1.165) is 34.6 Å². The molecular weight excluding hydrogens is 341 g/mol. The van der Waals surface area contributed by atoms with Crippen LogP contribution in [0.4, 0.5) is 4.39 Å². The van der Waals surface area contributed by atoms with Gasteiger partial charge in [-0.3, -0.25) is 0 Å². The third-order valence-electron chi connectivity index (χ3n) is 3.19. The molecule has 0 saturated carbocycles. The van der Waals surface area contributed by atoms with Crippen LogP contribution >= 0.6 is 27.5 Å². The molecule has 0 aromatic heterocycles. The van der Waals surface area contributed by atoms with Crippen LogP contribution in [0.15, 0.2) is 40.9 Å².